The van der Waals surface area contributed by atoms with Gasteiger partial charge >= 0.3 is 0 Å². The van der Waals surface area contributed by atoms with Gasteiger partial charge in [0.05, 0.1) is 93.9 Å². The Morgan fingerprint density at radius 1 is 0.331 bits per heavy atom. The molecule has 9 aliphatic heterocycles. The van der Waals surface area contributed by atoms with E-state index in [1.807, 2.05) is 49.1 Å². The summed E-state index contributed by atoms with van der Waals surface area (Å²) in [5.41, 5.74) is 20.5. The van der Waals surface area contributed by atoms with Crippen molar-refractivity contribution in [2.75, 3.05) is 128 Å². The van der Waals surface area contributed by atoms with Crippen LogP contribution in [-0.2, 0) is 6.42 Å². The van der Waals surface area contributed by atoms with Crippen LogP contribution in [0.15, 0.2) is 169 Å². The minimum Gasteiger partial charge on any atom is -0.355 e. The zero-order valence-electron chi connectivity index (χ0n) is 79.2. The smallest absolute Gasteiger partial charge is 0.139 e. The largest absolute Gasteiger partial charge is 0.355 e. The number of fused-ring (bicyclic) bond motifs is 6. The molecule has 10 atom stereocenters. The van der Waals surface area contributed by atoms with E-state index in [2.05, 4.69) is 280 Å². The van der Waals surface area contributed by atoms with Gasteiger partial charge in [-0.15, -0.1) is 0 Å². The number of piperidine rings is 5. The van der Waals surface area contributed by atoms with E-state index < -0.39 is 0 Å². The van der Waals surface area contributed by atoms with Gasteiger partial charge < -0.3 is 24.0 Å². The highest BCUT2D eigenvalue weighted by molar-refractivity contribution is 9.10. The molecule has 686 valence electrons. The molecule has 23 rings (SSSR count). The van der Waals surface area contributed by atoms with Crippen molar-refractivity contribution < 1.29 is 0 Å². The predicted molar refractivity (Wildman–Crippen MR) is 526 cm³/mol. The number of rotatable bonds is 16. The Morgan fingerprint density at radius 3 is 1.14 bits per heavy atom. The molecule has 130 heavy (non-hydrogen) atoms. The number of aryl methyl sites for hydroxylation is 4. The molecule has 2 bridgehead atoms. The zero-order chi connectivity index (χ0) is 89.0. The van der Waals surface area contributed by atoms with Crippen LogP contribution >= 0.6 is 15.9 Å². The molecule has 21 heterocycles. The molecule has 11 fully saturated rings. The molecule has 2 unspecified atom stereocenters. The number of hydrogen-bond acceptors (Lipinski definition) is 19. The predicted octanol–water partition coefficient (Wildman–Crippen LogP) is 19.0. The van der Waals surface area contributed by atoms with Gasteiger partial charge in [0.15, 0.2) is 0 Å². The highest BCUT2D eigenvalue weighted by atomic mass is 79.9. The lowest BCUT2D eigenvalue weighted by Gasteiger charge is -2.40. The molecule has 23 nitrogen and oxygen atoms in total. The lowest BCUT2D eigenvalue weighted by Crippen LogP contribution is -2.52. The molecule has 9 saturated heterocycles. The molecular formula is C106H140BrN23. The summed E-state index contributed by atoms with van der Waals surface area (Å²) in [6.45, 7) is 27.1. The van der Waals surface area contributed by atoms with Gasteiger partial charge in [0.2, 0.25) is 0 Å². The third-order valence-corrected chi connectivity index (χ3v) is 33.0. The topological polar surface area (TPSA) is 156 Å². The first-order valence-corrected chi connectivity index (χ1v) is 50.5. The molecule has 12 aromatic rings. The fraction of sp³-hybridized carbons (Fsp3) is 0.547. The van der Waals surface area contributed by atoms with Gasteiger partial charge in [-0.1, -0.05) is 48.5 Å². The summed E-state index contributed by atoms with van der Waals surface area (Å²) in [5, 5.41) is 0. The van der Waals surface area contributed by atoms with Gasteiger partial charge in [-0.3, -0.25) is 67.4 Å². The number of hydrogen-bond donors (Lipinski definition) is 0. The summed E-state index contributed by atoms with van der Waals surface area (Å²) in [7, 11) is 11.3. The minimum atomic E-state index is 0.277. The van der Waals surface area contributed by atoms with Crippen LogP contribution in [0.1, 0.15) is 264 Å². The fourth-order valence-electron chi connectivity index (χ4n) is 24.3. The van der Waals surface area contributed by atoms with Crippen LogP contribution in [0.4, 0.5) is 17.5 Å². The number of pyridine rings is 8. The molecule has 2 saturated carbocycles. The molecule has 0 radical (unpaired) electrons. The SMILES string of the molecule is Cc1cccnc1[C@@H]1CCC[C@H](c2cn3c(N4CC5CCC(C4)N5C)cccc3n2)N1C.Cc1cccnc1[C@@H]1CCC[C@H](c2cn3c(N4CCN(C5CC5)CC4)cccc3n2)N1C.Cc1cccnc1[C@@H]1CCC[C@H](c2nc3cccc(N4CCN(C5CC5)CC4)n3c2Br)N1C.Cc1cccnc1[C@@H]1CCC[C@H](c2nc3ccccn3c2CC2CCN(C(C)C)CC2)N1C. The molecule has 0 aromatic carbocycles. The average molecular weight is 1820 g/mol. The van der Waals surface area contributed by atoms with Crippen LogP contribution in [0.25, 0.3) is 22.6 Å². The second-order valence-corrected chi connectivity index (χ2v) is 41.1. The average Bonchev–Trinajstić information content (AvgIpc) is 1.69. The minimum absolute atomic E-state index is 0.277. The standard InChI is InChI=1S/C28H39N5.C26H33BrN6.2C26H34N6/c1-20(2)32-17-13-22(14-18-32)19-25-28(30-26-12-5-6-16-33(25)26)24-11-7-10-23(31(24)4)27-21(3)9-8-15-29-27;1-18-6-5-13-28-24(18)20-7-3-8-21(30(20)2)25-26(27)33-22(29-25)9-4-10-23(33)32-16-14-31(15-17-32)19-11-12-19;1-18-7-6-14-27-26(18)23-9-4-8-22(30(23)3)21-17-32-24(28-21)10-5-11-25(32)31-15-19-12-13-20(16-31)29(19)2;1-19-6-5-13-27-26(19)23-8-3-7-22(29(23)2)21-18-32-24(28-21)9-4-10-25(32)31-16-14-30(15-17-31)20-11-12-20/h5-6,8-9,12,15-16,20,22-24H,7,10-11,13-14,17-19H2,1-4H3;4-6,9-10,13,19-21H,3,7-8,11-12,14-17H2,1-2H3;5-7,10-11,14,17,19-20,22-23H,4,8-9,12-13,15-16H2,1-3H3;4-6,9-10,13,18,20,22-23H,3,7-8,11-12,14-17H2,1-2H3/t23-,24+;20-,21+;19?,20?,22-,23+;22-,23+/m0011/s1. The number of piperazine rings is 3. The van der Waals surface area contributed by atoms with Crippen molar-refractivity contribution in [1.29, 1.82) is 0 Å². The Morgan fingerprint density at radius 2 is 0.700 bits per heavy atom. The maximum absolute atomic E-state index is 5.24. The molecule has 0 amide bonds. The van der Waals surface area contributed by atoms with E-state index in [-0.39, 0.29) is 6.04 Å². The highest BCUT2D eigenvalue weighted by Crippen LogP contribution is 2.48. The van der Waals surface area contributed by atoms with Crippen molar-refractivity contribution in [3.05, 3.63) is 243 Å². The van der Waals surface area contributed by atoms with Crippen molar-refractivity contribution in [1.82, 2.24) is 96.7 Å². The highest BCUT2D eigenvalue weighted by Gasteiger charge is 2.43. The van der Waals surface area contributed by atoms with Crippen molar-refractivity contribution in [3.63, 3.8) is 0 Å². The summed E-state index contributed by atoms with van der Waals surface area (Å²) in [5.74, 6) is 4.57. The molecule has 11 aliphatic rings. The summed E-state index contributed by atoms with van der Waals surface area (Å²) in [6.07, 6.45) is 40.5. The van der Waals surface area contributed by atoms with Crippen LogP contribution < -0.4 is 14.7 Å². The first kappa shape index (κ1) is 88.8. The Kier molecular flexibility index (Phi) is 26.5. The third kappa shape index (κ3) is 18.3. The number of likely N-dealkylation sites (N-methyl/N-ethyl adjacent to an activating group) is 1. The number of anilines is 3. The van der Waals surface area contributed by atoms with Crippen molar-refractivity contribution in [3.8, 4) is 0 Å². The Bertz CT molecular complexity index is 5850. The summed E-state index contributed by atoms with van der Waals surface area (Å²) in [4.78, 5) is 68.0. The zero-order valence-corrected chi connectivity index (χ0v) is 80.8. The lowest BCUT2D eigenvalue weighted by atomic mass is 9.87. The summed E-state index contributed by atoms with van der Waals surface area (Å²) >= 11 is 3.99. The molecule has 12 aromatic heterocycles. The first-order chi connectivity index (χ1) is 63.4. The normalized spacial score (nSPS) is 25.8. The van der Waals surface area contributed by atoms with E-state index in [9.17, 15) is 0 Å². The lowest BCUT2D eigenvalue weighted by molar-refractivity contribution is 0.108. The number of halogens is 1. The van der Waals surface area contributed by atoms with Crippen LogP contribution in [-0.4, -0.2) is 241 Å². The van der Waals surface area contributed by atoms with Crippen molar-refractivity contribution in [2.45, 2.75) is 255 Å². The van der Waals surface area contributed by atoms with Gasteiger partial charge in [-0.05, 0) is 342 Å². The number of nitrogens with zero attached hydrogens (tertiary/aromatic N) is 23. The van der Waals surface area contributed by atoms with E-state index in [1.54, 1.807) is 0 Å². The number of imidazole rings is 4. The van der Waals surface area contributed by atoms with Gasteiger partial charge in [0.1, 0.15) is 44.6 Å². The van der Waals surface area contributed by atoms with Gasteiger partial charge in [0, 0.05) is 145 Å². The van der Waals surface area contributed by atoms with Crippen molar-refractivity contribution in [2.24, 2.45) is 5.92 Å². The maximum atomic E-state index is 5.24. The van der Waals surface area contributed by atoms with E-state index >= 15 is 0 Å². The van der Waals surface area contributed by atoms with Crippen molar-refractivity contribution >= 4 is 56.0 Å². The fourth-order valence-corrected chi connectivity index (χ4v) is 25.0. The van der Waals surface area contributed by atoms with Crippen LogP contribution in [0, 0.1) is 33.6 Å². The summed E-state index contributed by atoms with van der Waals surface area (Å²) < 4.78 is 10.5. The van der Waals surface area contributed by atoms with E-state index in [1.165, 1.54) is 201 Å². The number of likely N-dealkylation sites (tertiary alicyclic amines) is 5. The Labute approximate surface area is 779 Å². The second-order valence-electron chi connectivity index (χ2n) is 40.4. The molecule has 0 spiro atoms. The molecule has 2 aliphatic carbocycles. The molecule has 24 heteroatoms. The van der Waals surface area contributed by atoms with E-state index in [0.29, 0.717) is 60.4 Å². The van der Waals surface area contributed by atoms with E-state index in [4.69, 9.17) is 39.9 Å². The second kappa shape index (κ2) is 38.9. The van der Waals surface area contributed by atoms with Gasteiger partial charge in [-0.2, -0.15) is 0 Å². The van der Waals surface area contributed by atoms with E-state index in [0.717, 1.165) is 148 Å². The Balaban J connectivity index is 0.000000108. The number of aromatic nitrogens is 12. The van der Waals surface area contributed by atoms with Crippen LogP contribution in [0.2, 0.25) is 0 Å². The van der Waals surface area contributed by atoms with Crippen LogP contribution in [0.5, 0.6) is 0 Å². The van der Waals surface area contributed by atoms with Gasteiger partial charge in [-0.25, -0.2) is 19.9 Å². The third-order valence-electron chi connectivity index (χ3n) is 32.2. The Hall–Kier alpha value is -9.08. The van der Waals surface area contributed by atoms with Crippen LogP contribution in [0.3, 0.4) is 0 Å². The monoisotopic (exact) mass is 1810 g/mol. The van der Waals surface area contributed by atoms with Gasteiger partial charge in [0.25, 0.3) is 0 Å². The first-order valence-electron chi connectivity index (χ1n) is 49.7. The summed E-state index contributed by atoms with van der Waals surface area (Å²) in [6, 6.07) is 49.4. The molecular weight excluding hydrogens is 1680 g/mol. The quantitative estimate of drug-likeness (QED) is 0.0899. The molecule has 0 N–H and O–H groups in total. The maximum Gasteiger partial charge on any atom is 0.139 e.